The molecule has 2 heterocycles. The van der Waals surface area contributed by atoms with Gasteiger partial charge in [-0.15, -0.1) is 0 Å². The Bertz CT molecular complexity index is 997. The third-order valence-corrected chi connectivity index (χ3v) is 8.61. The van der Waals surface area contributed by atoms with Gasteiger partial charge in [-0.05, 0) is 68.5 Å². The number of sulfonamides is 1. The van der Waals surface area contributed by atoms with Crippen LogP contribution in [0.15, 0.2) is 59.5 Å². The molecule has 0 bridgehead atoms. The molecule has 2 saturated heterocycles. The van der Waals surface area contributed by atoms with E-state index in [1.165, 1.54) is 12.8 Å². The zero-order chi connectivity index (χ0) is 23.1. The highest BCUT2D eigenvalue weighted by Gasteiger charge is 2.26. The number of piperidine rings is 1. The standard InChI is InChI=1S/C26H35N3O3S/c30-26(27-25(21-28-17-7-8-18-28)23-9-3-1-4-10-23)16-13-22-11-14-24(15-12-22)33(31,32)29-19-5-2-6-20-29/h1,3-4,9-12,14-15,25H,2,5-8,13,16-21H2,(H,27,30). The van der Waals surface area contributed by atoms with E-state index < -0.39 is 10.0 Å². The number of benzene rings is 2. The smallest absolute Gasteiger partial charge is 0.243 e. The molecule has 2 aromatic carbocycles. The van der Waals surface area contributed by atoms with Crippen LogP contribution in [0.2, 0.25) is 0 Å². The van der Waals surface area contributed by atoms with Gasteiger partial charge in [0, 0.05) is 26.1 Å². The van der Waals surface area contributed by atoms with Crippen molar-refractivity contribution in [2.75, 3.05) is 32.7 Å². The SMILES string of the molecule is O=C(CCc1ccc(S(=O)(=O)N2CCCCC2)cc1)NC(CN1CCCC1)c1ccccc1. The van der Waals surface area contributed by atoms with Gasteiger partial charge >= 0.3 is 0 Å². The van der Waals surface area contributed by atoms with E-state index in [9.17, 15) is 13.2 Å². The number of carbonyl (C=O) groups is 1. The summed E-state index contributed by atoms with van der Waals surface area (Å²) in [5, 5.41) is 3.23. The van der Waals surface area contributed by atoms with Crippen LogP contribution in [-0.2, 0) is 21.2 Å². The first kappa shape index (κ1) is 23.9. The summed E-state index contributed by atoms with van der Waals surface area (Å²) in [6.45, 7) is 4.21. The Morgan fingerprint density at radius 3 is 2.15 bits per heavy atom. The van der Waals surface area contributed by atoms with E-state index in [1.807, 2.05) is 30.3 Å². The summed E-state index contributed by atoms with van der Waals surface area (Å²) in [5.41, 5.74) is 2.10. The third kappa shape index (κ3) is 6.43. The predicted octanol–water partition coefficient (Wildman–Crippen LogP) is 3.75. The lowest BCUT2D eigenvalue weighted by molar-refractivity contribution is -0.121. The van der Waals surface area contributed by atoms with Gasteiger partial charge in [-0.1, -0.05) is 48.9 Å². The van der Waals surface area contributed by atoms with Crippen LogP contribution in [0.5, 0.6) is 0 Å². The molecule has 7 heteroatoms. The molecule has 6 nitrogen and oxygen atoms in total. The summed E-state index contributed by atoms with van der Waals surface area (Å²) >= 11 is 0. The molecule has 1 amide bonds. The highest BCUT2D eigenvalue weighted by Crippen LogP contribution is 2.22. The molecule has 0 saturated carbocycles. The topological polar surface area (TPSA) is 69.7 Å². The number of hydrogen-bond donors (Lipinski definition) is 1. The largest absolute Gasteiger partial charge is 0.348 e. The van der Waals surface area contributed by atoms with Gasteiger partial charge in [0.15, 0.2) is 0 Å². The fourth-order valence-electron chi connectivity index (χ4n) is 4.75. The van der Waals surface area contributed by atoms with Crippen LogP contribution in [-0.4, -0.2) is 56.3 Å². The van der Waals surface area contributed by atoms with Gasteiger partial charge in [0.25, 0.3) is 0 Å². The van der Waals surface area contributed by atoms with Crippen molar-refractivity contribution in [1.29, 1.82) is 0 Å². The second kappa shape index (κ2) is 11.3. The van der Waals surface area contributed by atoms with Crippen molar-refractivity contribution in [2.45, 2.75) is 55.9 Å². The summed E-state index contributed by atoms with van der Waals surface area (Å²) in [7, 11) is -3.42. The summed E-state index contributed by atoms with van der Waals surface area (Å²) in [5.74, 6) is 0.0214. The molecule has 33 heavy (non-hydrogen) atoms. The van der Waals surface area contributed by atoms with Crippen LogP contribution in [0.25, 0.3) is 0 Å². The van der Waals surface area contributed by atoms with Gasteiger partial charge in [-0.2, -0.15) is 4.31 Å². The molecule has 178 valence electrons. The van der Waals surface area contributed by atoms with Crippen molar-refractivity contribution in [3.8, 4) is 0 Å². The van der Waals surface area contributed by atoms with Gasteiger partial charge in [-0.3, -0.25) is 4.79 Å². The number of amides is 1. The van der Waals surface area contributed by atoms with Gasteiger partial charge in [0.05, 0.1) is 10.9 Å². The zero-order valence-electron chi connectivity index (χ0n) is 19.3. The minimum absolute atomic E-state index is 0.0196. The Labute approximate surface area is 198 Å². The average Bonchev–Trinajstić information content (AvgIpc) is 3.37. The van der Waals surface area contributed by atoms with E-state index in [0.29, 0.717) is 30.8 Å². The zero-order valence-corrected chi connectivity index (χ0v) is 20.1. The van der Waals surface area contributed by atoms with Crippen molar-refractivity contribution in [3.05, 3.63) is 65.7 Å². The average molecular weight is 470 g/mol. The third-order valence-electron chi connectivity index (χ3n) is 6.69. The molecule has 2 fully saturated rings. The Morgan fingerprint density at radius 2 is 1.48 bits per heavy atom. The van der Waals surface area contributed by atoms with E-state index in [0.717, 1.165) is 50.0 Å². The van der Waals surface area contributed by atoms with E-state index in [2.05, 4.69) is 22.3 Å². The molecular weight excluding hydrogens is 434 g/mol. The molecule has 2 aromatic rings. The Morgan fingerprint density at radius 1 is 0.848 bits per heavy atom. The first-order valence-electron chi connectivity index (χ1n) is 12.2. The monoisotopic (exact) mass is 469 g/mol. The normalized spacial score (nSPS) is 18.8. The predicted molar refractivity (Wildman–Crippen MR) is 130 cm³/mol. The second-order valence-electron chi connectivity index (χ2n) is 9.15. The molecular formula is C26H35N3O3S. The first-order valence-corrected chi connectivity index (χ1v) is 13.6. The number of carbonyl (C=O) groups excluding carboxylic acids is 1. The molecule has 0 spiro atoms. The van der Waals surface area contributed by atoms with Crippen LogP contribution in [0.3, 0.4) is 0 Å². The van der Waals surface area contributed by atoms with Gasteiger partial charge in [0.1, 0.15) is 0 Å². The molecule has 0 radical (unpaired) electrons. The Balaban J connectivity index is 1.33. The lowest BCUT2D eigenvalue weighted by atomic mass is 10.1. The first-order chi connectivity index (χ1) is 16.0. The molecule has 2 aliphatic rings. The molecule has 0 aromatic heterocycles. The Hall–Kier alpha value is -2.22. The minimum atomic E-state index is -3.42. The van der Waals surface area contributed by atoms with Crippen molar-refractivity contribution in [2.24, 2.45) is 0 Å². The van der Waals surface area contributed by atoms with Crippen LogP contribution in [0.1, 0.15) is 55.7 Å². The van der Waals surface area contributed by atoms with Crippen molar-refractivity contribution in [3.63, 3.8) is 0 Å². The molecule has 2 aliphatic heterocycles. The quantitative estimate of drug-likeness (QED) is 0.607. The second-order valence-corrected chi connectivity index (χ2v) is 11.1. The van der Waals surface area contributed by atoms with Crippen LogP contribution in [0.4, 0.5) is 0 Å². The highest BCUT2D eigenvalue weighted by molar-refractivity contribution is 7.89. The lowest BCUT2D eigenvalue weighted by Crippen LogP contribution is -2.37. The number of nitrogens with one attached hydrogen (secondary N) is 1. The van der Waals surface area contributed by atoms with Crippen LogP contribution < -0.4 is 5.32 Å². The minimum Gasteiger partial charge on any atom is -0.348 e. The van der Waals surface area contributed by atoms with Crippen LogP contribution in [0, 0.1) is 0 Å². The summed E-state index contributed by atoms with van der Waals surface area (Å²) in [6.07, 6.45) is 6.35. The van der Waals surface area contributed by atoms with Crippen LogP contribution >= 0.6 is 0 Å². The summed E-state index contributed by atoms with van der Waals surface area (Å²) in [4.78, 5) is 15.5. The number of nitrogens with zero attached hydrogens (tertiary/aromatic N) is 2. The fraction of sp³-hybridized carbons (Fsp3) is 0.500. The molecule has 1 atom stereocenters. The number of aryl methyl sites for hydroxylation is 1. The maximum atomic E-state index is 12.8. The van der Waals surface area contributed by atoms with Gasteiger partial charge in [0.2, 0.25) is 15.9 Å². The van der Waals surface area contributed by atoms with Gasteiger partial charge < -0.3 is 10.2 Å². The van der Waals surface area contributed by atoms with E-state index in [1.54, 1.807) is 16.4 Å². The lowest BCUT2D eigenvalue weighted by Gasteiger charge is -2.26. The summed E-state index contributed by atoms with van der Waals surface area (Å²) < 4.78 is 27.2. The Kier molecular flexibility index (Phi) is 8.17. The molecule has 1 N–H and O–H groups in total. The van der Waals surface area contributed by atoms with E-state index in [4.69, 9.17) is 0 Å². The van der Waals surface area contributed by atoms with Gasteiger partial charge in [-0.25, -0.2) is 8.42 Å². The number of hydrogen-bond acceptors (Lipinski definition) is 4. The fourth-order valence-corrected chi connectivity index (χ4v) is 6.27. The van der Waals surface area contributed by atoms with E-state index in [-0.39, 0.29) is 11.9 Å². The molecule has 4 rings (SSSR count). The number of likely N-dealkylation sites (tertiary alicyclic amines) is 1. The number of rotatable bonds is 9. The maximum Gasteiger partial charge on any atom is 0.243 e. The maximum absolute atomic E-state index is 12.8. The van der Waals surface area contributed by atoms with Crippen molar-refractivity contribution in [1.82, 2.24) is 14.5 Å². The van der Waals surface area contributed by atoms with Crippen molar-refractivity contribution >= 4 is 15.9 Å². The van der Waals surface area contributed by atoms with Crippen molar-refractivity contribution < 1.29 is 13.2 Å². The molecule has 1 unspecified atom stereocenters. The molecule has 0 aliphatic carbocycles. The highest BCUT2D eigenvalue weighted by atomic mass is 32.2. The summed E-state index contributed by atoms with van der Waals surface area (Å²) in [6, 6.07) is 17.2. The van der Waals surface area contributed by atoms with E-state index >= 15 is 0 Å².